The van der Waals surface area contributed by atoms with Crippen LogP contribution >= 0.6 is 11.6 Å². The molecule has 0 radical (unpaired) electrons. The number of amides is 3. The fourth-order valence-corrected chi connectivity index (χ4v) is 3.43. The van der Waals surface area contributed by atoms with Crippen molar-refractivity contribution in [2.75, 3.05) is 13.1 Å². The Labute approximate surface area is 138 Å². The van der Waals surface area contributed by atoms with E-state index in [2.05, 4.69) is 0 Å². The second-order valence-electron chi connectivity index (χ2n) is 5.78. The summed E-state index contributed by atoms with van der Waals surface area (Å²) in [5.74, 6) is -1.38. The molecule has 0 saturated carbocycles. The lowest BCUT2D eigenvalue weighted by molar-refractivity contribution is -0.141. The first-order valence-corrected chi connectivity index (χ1v) is 7.95. The van der Waals surface area contributed by atoms with Crippen molar-refractivity contribution >= 4 is 29.3 Å². The van der Waals surface area contributed by atoms with Gasteiger partial charge in [0.15, 0.2) is 0 Å². The normalized spacial score (nSPS) is 19.6. The van der Waals surface area contributed by atoms with Gasteiger partial charge in [-0.3, -0.25) is 19.3 Å². The summed E-state index contributed by atoms with van der Waals surface area (Å²) in [4.78, 5) is 38.8. The monoisotopic (exact) mass is 338 g/mol. The first-order valence-electron chi connectivity index (χ1n) is 7.57. The molecule has 0 spiro atoms. The number of imide groups is 1. The number of likely N-dealkylation sites (tertiary alicyclic amines) is 2. The summed E-state index contributed by atoms with van der Waals surface area (Å²) in [6.45, 7) is 0.733. The molecule has 2 aliphatic rings. The maximum atomic E-state index is 13.9. The number of benzene rings is 1. The van der Waals surface area contributed by atoms with Gasteiger partial charge in [-0.25, -0.2) is 4.39 Å². The van der Waals surface area contributed by atoms with Gasteiger partial charge in [-0.05, 0) is 25.0 Å². The Kier molecular flexibility index (Phi) is 4.35. The molecule has 3 amide bonds. The van der Waals surface area contributed by atoms with E-state index in [4.69, 9.17) is 11.6 Å². The molecule has 0 bridgehead atoms. The average Bonchev–Trinajstić information content (AvgIpc) is 2.86. The molecule has 7 heteroatoms. The molecule has 0 N–H and O–H groups in total. The molecule has 0 aliphatic carbocycles. The Bertz CT molecular complexity index is 635. The number of piperidine rings is 1. The molecule has 0 unspecified atom stereocenters. The zero-order valence-electron chi connectivity index (χ0n) is 12.4. The van der Waals surface area contributed by atoms with Gasteiger partial charge in [-0.1, -0.05) is 17.7 Å². The number of nitrogens with zero attached hydrogens (tertiary/aromatic N) is 2. The second kappa shape index (κ2) is 6.28. The van der Waals surface area contributed by atoms with Gasteiger partial charge in [0.25, 0.3) is 5.91 Å². The van der Waals surface area contributed by atoms with E-state index in [0.717, 1.165) is 0 Å². The summed E-state index contributed by atoms with van der Waals surface area (Å²) >= 11 is 5.93. The molecule has 0 aromatic heterocycles. The highest BCUT2D eigenvalue weighted by Crippen LogP contribution is 2.26. The van der Waals surface area contributed by atoms with Crippen LogP contribution in [0.25, 0.3) is 0 Å². The number of rotatable bonds is 2. The lowest BCUT2D eigenvalue weighted by atomic mass is 10.0. The van der Waals surface area contributed by atoms with Gasteiger partial charge in [0.1, 0.15) is 5.82 Å². The van der Waals surface area contributed by atoms with Crippen LogP contribution in [0.3, 0.4) is 0 Å². The van der Waals surface area contributed by atoms with E-state index < -0.39 is 11.7 Å². The SMILES string of the molecule is O=C(c1c(F)cccc1Cl)N1CCC(N2C(=O)CCC2=O)CC1. The molecular formula is C16H16ClFN2O3. The maximum Gasteiger partial charge on any atom is 0.258 e. The van der Waals surface area contributed by atoms with Gasteiger partial charge < -0.3 is 4.90 Å². The van der Waals surface area contributed by atoms with Crippen molar-refractivity contribution in [3.63, 3.8) is 0 Å². The quantitative estimate of drug-likeness (QED) is 0.777. The smallest absolute Gasteiger partial charge is 0.258 e. The Hall–Kier alpha value is -1.95. The van der Waals surface area contributed by atoms with E-state index in [9.17, 15) is 18.8 Å². The lowest BCUT2D eigenvalue weighted by Gasteiger charge is -2.35. The standard InChI is InChI=1S/C16H16ClFN2O3/c17-11-2-1-3-12(18)15(11)16(23)19-8-6-10(7-9-19)20-13(21)4-5-14(20)22/h1-3,10H,4-9H2. The topological polar surface area (TPSA) is 57.7 Å². The number of carbonyl (C=O) groups excluding carboxylic acids is 3. The fraction of sp³-hybridized carbons (Fsp3) is 0.438. The average molecular weight is 339 g/mol. The highest BCUT2D eigenvalue weighted by atomic mass is 35.5. The van der Waals surface area contributed by atoms with Gasteiger partial charge in [0.2, 0.25) is 11.8 Å². The van der Waals surface area contributed by atoms with E-state index in [1.807, 2.05) is 0 Å². The van der Waals surface area contributed by atoms with Crippen LogP contribution in [0.15, 0.2) is 18.2 Å². The van der Waals surface area contributed by atoms with E-state index in [-0.39, 0.29) is 41.3 Å². The predicted octanol–water partition coefficient (Wildman–Crippen LogP) is 2.23. The van der Waals surface area contributed by atoms with Gasteiger partial charge in [0, 0.05) is 32.0 Å². The van der Waals surface area contributed by atoms with Crippen molar-refractivity contribution in [3.05, 3.63) is 34.6 Å². The van der Waals surface area contributed by atoms with Crippen molar-refractivity contribution < 1.29 is 18.8 Å². The molecule has 2 saturated heterocycles. The molecule has 2 aliphatic heterocycles. The summed E-state index contributed by atoms with van der Waals surface area (Å²) in [7, 11) is 0. The van der Waals surface area contributed by atoms with Crippen LogP contribution < -0.4 is 0 Å². The molecule has 1 aromatic rings. The molecule has 23 heavy (non-hydrogen) atoms. The Balaban J connectivity index is 1.68. The van der Waals surface area contributed by atoms with Crippen LogP contribution in [0.5, 0.6) is 0 Å². The van der Waals surface area contributed by atoms with Gasteiger partial charge in [0.05, 0.1) is 10.6 Å². The third kappa shape index (κ3) is 2.95. The Morgan fingerprint density at radius 1 is 1.13 bits per heavy atom. The third-order valence-corrected chi connectivity index (χ3v) is 4.70. The van der Waals surface area contributed by atoms with Crippen molar-refractivity contribution in [3.8, 4) is 0 Å². The summed E-state index contributed by atoms with van der Waals surface area (Å²) in [5, 5.41) is 0.0852. The first kappa shape index (κ1) is 15.9. The summed E-state index contributed by atoms with van der Waals surface area (Å²) in [5.41, 5.74) is -0.124. The van der Waals surface area contributed by atoms with Crippen molar-refractivity contribution in [1.29, 1.82) is 0 Å². The van der Waals surface area contributed by atoms with Gasteiger partial charge in [-0.2, -0.15) is 0 Å². The van der Waals surface area contributed by atoms with Crippen LogP contribution in [0.2, 0.25) is 5.02 Å². The minimum atomic E-state index is -0.644. The number of hydrogen-bond donors (Lipinski definition) is 0. The molecular weight excluding hydrogens is 323 g/mol. The predicted molar refractivity (Wildman–Crippen MR) is 81.4 cm³/mol. The first-order chi connectivity index (χ1) is 11.0. The minimum absolute atomic E-state index is 0.0852. The molecule has 3 rings (SSSR count). The van der Waals surface area contributed by atoms with Crippen molar-refractivity contribution in [2.45, 2.75) is 31.7 Å². The van der Waals surface area contributed by atoms with Gasteiger partial charge >= 0.3 is 0 Å². The molecule has 1 aromatic carbocycles. The zero-order valence-corrected chi connectivity index (χ0v) is 13.2. The van der Waals surface area contributed by atoms with E-state index in [0.29, 0.717) is 25.9 Å². The number of hydrogen-bond acceptors (Lipinski definition) is 3. The summed E-state index contributed by atoms with van der Waals surface area (Å²) < 4.78 is 13.9. The lowest BCUT2D eigenvalue weighted by Crippen LogP contribution is -2.48. The highest BCUT2D eigenvalue weighted by Gasteiger charge is 2.37. The van der Waals surface area contributed by atoms with E-state index in [1.165, 1.54) is 28.0 Å². The summed E-state index contributed by atoms with van der Waals surface area (Å²) in [6.07, 6.45) is 1.55. The number of carbonyl (C=O) groups is 3. The molecule has 0 atom stereocenters. The molecule has 2 heterocycles. The minimum Gasteiger partial charge on any atom is -0.338 e. The third-order valence-electron chi connectivity index (χ3n) is 4.38. The molecule has 2 fully saturated rings. The van der Waals surface area contributed by atoms with Gasteiger partial charge in [-0.15, -0.1) is 0 Å². The fourth-order valence-electron chi connectivity index (χ4n) is 3.19. The largest absolute Gasteiger partial charge is 0.338 e. The van der Waals surface area contributed by atoms with Crippen LogP contribution in [-0.2, 0) is 9.59 Å². The maximum absolute atomic E-state index is 13.9. The Morgan fingerprint density at radius 2 is 1.74 bits per heavy atom. The van der Waals surface area contributed by atoms with Crippen LogP contribution in [-0.4, -0.2) is 46.7 Å². The van der Waals surface area contributed by atoms with Crippen molar-refractivity contribution in [1.82, 2.24) is 9.80 Å². The Morgan fingerprint density at radius 3 is 2.30 bits per heavy atom. The van der Waals surface area contributed by atoms with Crippen LogP contribution in [0.1, 0.15) is 36.0 Å². The van der Waals surface area contributed by atoms with E-state index >= 15 is 0 Å². The number of halogens is 2. The van der Waals surface area contributed by atoms with Crippen molar-refractivity contribution in [2.24, 2.45) is 0 Å². The highest BCUT2D eigenvalue weighted by molar-refractivity contribution is 6.33. The van der Waals surface area contributed by atoms with Crippen LogP contribution in [0, 0.1) is 5.82 Å². The summed E-state index contributed by atoms with van der Waals surface area (Å²) in [6, 6.07) is 3.96. The van der Waals surface area contributed by atoms with Crippen LogP contribution in [0.4, 0.5) is 4.39 Å². The molecule has 5 nitrogen and oxygen atoms in total. The molecule has 122 valence electrons. The second-order valence-corrected chi connectivity index (χ2v) is 6.18. The zero-order chi connectivity index (χ0) is 16.6. The van der Waals surface area contributed by atoms with E-state index in [1.54, 1.807) is 0 Å².